The molecule has 0 radical (unpaired) electrons. The maximum Gasteiger partial charge on any atom is 0.122 e. The third-order valence-electron chi connectivity index (χ3n) is 4.14. The van der Waals surface area contributed by atoms with Crippen LogP contribution in [0.15, 0.2) is 60.7 Å². The maximum atomic E-state index is 5.35. The van der Waals surface area contributed by atoms with Crippen LogP contribution in [0.1, 0.15) is 12.5 Å². The topological polar surface area (TPSA) is 30.5 Å². The fraction of sp³-hybridized carbons (Fsp3) is 0.238. The number of methoxy groups -OCH3 is 2. The van der Waals surface area contributed by atoms with Gasteiger partial charge in [-0.3, -0.25) is 0 Å². The Morgan fingerprint density at radius 2 is 1.54 bits per heavy atom. The van der Waals surface area contributed by atoms with Crippen LogP contribution in [0.3, 0.4) is 0 Å². The number of benzene rings is 3. The van der Waals surface area contributed by atoms with Gasteiger partial charge in [-0.25, -0.2) is 0 Å². The van der Waals surface area contributed by atoms with Gasteiger partial charge in [0, 0.05) is 23.2 Å². The van der Waals surface area contributed by atoms with Crippen molar-refractivity contribution in [3.05, 3.63) is 66.2 Å². The van der Waals surface area contributed by atoms with Gasteiger partial charge < -0.3 is 14.8 Å². The molecule has 0 spiro atoms. The van der Waals surface area contributed by atoms with Crippen molar-refractivity contribution in [2.24, 2.45) is 0 Å². The molecule has 3 heteroatoms. The maximum absolute atomic E-state index is 5.35. The Morgan fingerprint density at radius 3 is 2.25 bits per heavy atom. The summed E-state index contributed by atoms with van der Waals surface area (Å²) in [7, 11) is 3.35. The molecule has 0 aliphatic heterocycles. The molecule has 0 saturated heterocycles. The molecule has 0 aliphatic rings. The lowest BCUT2D eigenvalue weighted by Gasteiger charge is -2.18. The predicted molar refractivity (Wildman–Crippen MR) is 100 cm³/mol. The molecule has 3 aromatic carbocycles. The van der Waals surface area contributed by atoms with E-state index in [0.29, 0.717) is 0 Å². The molecule has 0 aliphatic carbocycles. The fourth-order valence-corrected chi connectivity index (χ4v) is 3.01. The van der Waals surface area contributed by atoms with Gasteiger partial charge in [0.25, 0.3) is 0 Å². The highest BCUT2D eigenvalue weighted by atomic mass is 16.5. The number of rotatable bonds is 6. The summed E-state index contributed by atoms with van der Waals surface area (Å²) in [6.45, 7) is 2.19. The predicted octanol–water partition coefficient (Wildman–Crippen LogP) is 4.90. The summed E-state index contributed by atoms with van der Waals surface area (Å²) in [6.07, 6.45) is 0.886. The monoisotopic (exact) mass is 321 g/mol. The molecule has 1 N–H and O–H groups in total. The Hall–Kier alpha value is -2.68. The minimum absolute atomic E-state index is 0.285. The molecule has 3 nitrogen and oxygen atoms in total. The van der Waals surface area contributed by atoms with Crippen molar-refractivity contribution in [3.8, 4) is 11.5 Å². The van der Waals surface area contributed by atoms with E-state index in [1.807, 2.05) is 6.07 Å². The van der Waals surface area contributed by atoms with Gasteiger partial charge in [-0.1, -0.05) is 36.4 Å². The van der Waals surface area contributed by atoms with Gasteiger partial charge in [-0.05, 0) is 42.5 Å². The van der Waals surface area contributed by atoms with Gasteiger partial charge in [0.1, 0.15) is 11.5 Å². The van der Waals surface area contributed by atoms with Crippen LogP contribution in [0.5, 0.6) is 11.5 Å². The van der Waals surface area contributed by atoms with Crippen LogP contribution in [-0.4, -0.2) is 20.3 Å². The molecule has 0 fully saturated rings. The number of hydrogen-bond donors (Lipinski definition) is 1. The lowest BCUT2D eigenvalue weighted by Crippen LogP contribution is -2.18. The molecule has 124 valence electrons. The molecule has 3 rings (SSSR count). The van der Waals surface area contributed by atoms with E-state index in [0.717, 1.165) is 23.6 Å². The van der Waals surface area contributed by atoms with Gasteiger partial charge in [0.05, 0.1) is 14.2 Å². The van der Waals surface area contributed by atoms with Crippen molar-refractivity contribution in [1.82, 2.24) is 0 Å². The Morgan fingerprint density at radius 1 is 0.875 bits per heavy atom. The molecule has 1 unspecified atom stereocenters. The molecule has 3 aromatic rings. The minimum Gasteiger partial charge on any atom is -0.497 e. The Bertz CT molecular complexity index is 801. The highest BCUT2D eigenvalue weighted by Gasteiger charge is 2.09. The lowest BCUT2D eigenvalue weighted by atomic mass is 10.0. The van der Waals surface area contributed by atoms with Crippen molar-refractivity contribution in [2.75, 3.05) is 19.5 Å². The van der Waals surface area contributed by atoms with Gasteiger partial charge >= 0.3 is 0 Å². The lowest BCUT2D eigenvalue weighted by molar-refractivity contribution is 0.393. The third-order valence-corrected chi connectivity index (χ3v) is 4.14. The van der Waals surface area contributed by atoms with E-state index >= 15 is 0 Å². The molecule has 0 aromatic heterocycles. The Kier molecular flexibility index (Phi) is 4.90. The Labute approximate surface area is 143 Å². The highest BCUT2D eigenvalue weighted by molar-refractivity contribution is 5.93. The van der Waals surface area contributed by atoms with E-state index in [2.05, 4.69) is 66.8 Å². The second-order valence-electron chi connectivity index (χ2n) is 6.00. The van der Waals surface area contributed by atoms with Crippen LogP contribution < -0.4 is 14.8 Å². The van der Waals surface area contributed by atoms with Crippen molar-refractivity contribution in [2.45, 2.75) is 19.4 Å². The molecule has 24 heavy (non-hydrogen) atoms. The van der Waals surface area contributed by atoms with Gasteiger partial charge in [-0.2, -0.15) is 0 Å². The standard InChI is InChI=1S/C21H23NO2/c1-15(11-16-12-18(23-2)14-19(13-16)24-3)22-21-10-6-8-17-7-4-5-9-20(17)21/h4-10,12-15,22H,11H2,1-3H3. The Balaban J connectivity index is 1.79. The third kappa shape index (κ3) is 3.62. The van der Waals surface area contributed by atoms with Crippen LogP contribution in [0.4, 0.5) is 5.69 Å². The zero-order chi connectivity index (χ0) is 16.9. The second kappa shape index (κ2) is 7.26. The van der Waals surface area contributed by atoms with E-state index in [-0.39, 0.29) is 6.04 Å². The molecule has 1 atom stereocenters. The molecule has 0 bridgehead atoms. The van der Waals surface area contributed by atoms with E-state index in [9.17, 15) is 0 Å². The van der Waals surface area contributed by atoms with Crippen LogP contribution >= 0.6 is 0 Å². The van der Waals surface area contributed by atoms with Crippen LogP contribution in [-0.2, 0) is 6.42 Å². The van der Waals surface area contributed by atoms with Gasteiger partial charge in [0.2, 0.25) is 0 Å². The SMILES string of the molecule is COc1cc(CC(C)Nc2cccc3ccccc23)cc(OC)c1. The van der Waals surface area contributed by atoms with Crippen LogP contribution in [0, 0.1) is 0 Å². The van der Waals surface area contributed by atoms with Crippen molar-refractivity contribution >= 4 is 16.5 Å². The minimum atomic E-state index is 0.285. The summed E-state index contributed by atoms with van der Waals surface area (Å²) >= 11 is 0. The van der Waals surface area contributed by atoms with Gasteiger partial charge in [0.15, 0.2) is 0 Å². The number of nitrogens with one attached hydrogen (secondary N) is 1. The first-order valence-electron chi connectivity index (χ1n) is 8.16. The van der Waals surface area contributed by atoms with Crippen LogP contribution in [0.25, 0.3) is 10.8 Å². The number of anilines is 1. The highest BCUT2D eigenvalue weighted by Crippen LogP contribution is 2.26. The van der Waals surface area contributed by atoms with Crippen molar-refractivity contribution < 1.29 is 9.47 Å². The molecule has 0 heterocycles. The molecular weight excluding hydrogens is 298 g/mol. The number of ether oxygens (including phenoxy) is 2. The summed E-state index contributed by atoms with van der Waals surface area (Å²) < 4.78 is 10.7. The fourth-order valence-electron chi connectivity index (χ4n) is 3.01. The largest absolute Gasteiger partial charge is 0.497 e. The average molecular weight is 321 g/mol. The molecule has 0 amide bonds. The first kappa shape index (κ1) is 16.2. The zero-order valence-electron chi connectivity index (χ0n) is 14.4. The van der Waals surface area contributed by atoms with E-state index in [1.165, 1.54) is 16.3 Å². The number of hydrogen-bond acceptors (Lipinski definition) is 3. The molecule has 0 saturated carbocycles. The van der Waals surface area contributed by atoms with E-state index in [4.69, 9.17) is 9.47 Å². The normalized spacial score (nSPS) is 12.0. The summed E-state index contributed by atoms with van der Waals surface area (Å²) in [5.74, 6) is 1.64. The average Bonchev–Trinajstić information content (AvgIpc) is 2.61. The van der Waals surface area contributed by atoms with Crippen molar-refractivity contribution in [3.63, 3.8) is 0 Å². The summed E-state index contributed by atoms with van der Waals surface area (Å²) in [5, 5.41) is 6.12. The van der Waals surface area contributed by atoms with E-state index in [1.54, 1.807) is 14.2 Å². The van der Waals surface area contributed by atoms with Crippen LogP contribution in [0.2, 0.25) is 0 Å². The smallest absolute Gasteiger partial charge is 0.122 e. The molecular formula is C21H23NO2. The number of fused-ring (bicyclic) bond motifs is 1. The summed E-state index contributed by atoms with van der Waals surface area (Å²) in [5.41, 5.74) is 2.35. The van der Waals surface area contributed by atoms with Crippen molar-refractivity contribution in [1.29, 1.82) is 0 Å². The first-order chi connectivity index (χ1) is 11.7. The van der Waals surface area contributed by atoms with Gasteiger partial charge in [-0.15, -0.1) is 0 Å². The second-order valence-corrected chi connectivity index (χ2v) is 6.00. The summed E-state index contributed by atoms with van der Waals surface area (Å²) in [6, 6.07) is 21.1. The zero-order valence-corrected chi connectivity index (χ0v) is 14.4. The quantitative estimate of drug-likeness (QED) is 0.700. The summed E-state index contributed by atoms with van der Waals surface area (Å²) in [4.78, 5) is 0. The van der Waals surface area contributed by atoms with E-state index < -0.39 is 0 Å². The first-order valence-corrected chi connectivity index (χ1v) is 8.16.